The van der Waals surface area contributed by atoms with Gasteiger partial charge in [0.2, 0.25) is 5.88 Å². The van der Waals surface area contributed by atoms with Crippen LogP contribution >= 0.6 is 0 Å². The van der Waals surface area contributed by atoms with Crippen molar-refractivity contribution >= 4 is 5.82 Å². The summed E-state index contributed by atoms with van der Waals surface area (Å²) in [6, 6.07) is 7.93. The molecule has 1 aromatic heterocycles. The van der Waals surface area contributed by atoms with Gasteiger partial charge >= 0.3 is 0 Å². The molecule has 0 aliphatic heterocycles. The van der Waals surface area contributed by atoms with Crippen molar-refractivity contribution in [2.24, 2.45) is 0 Å². The van der Waals surface area contributed by atoms with Gasteiger partial charge in [0.15, 0.2) is 0 Å². The number of hydrogen-bond acceptors (Lipinski definition) is 4. The van der Waals surface area contributed by atoms with Crippen LogP contribution in [0.25, 0.3) is 0 Å². The highest BCUT2D eigenvalue weighted by Gasteiger charge is 2.11. The Kier molecular flexibility index (Phi) is 4.00. The maximum Gasteiger partial charge on any atom is 0.227 e. The fraction of sp³-hybridized carbons (Fsp3) is 0.333. The van der Waals surface area contributed by atoms with Gasteiger partial charge in [-0.2, -0.15) is 4.98 Å². The maximum atomic E-state index is 5.88. The van der Waals surface area contributed by atoms with Crippen LogP contribution in [0.3, 0.4) is 0 Å². The summed E-state index contributed by atoms with van der Waals surface area (Å²) in [7, 11) is 1.85. The van der Waals surface area contributed by atoms with E-state index in [0.29, 0.717) is 5.88 Å². The number of benzene rings is 1. The smallest absolute Gasteiger partial charge is 0.227 e. The molecule has 19 heavy (non-hydrogen) atoms. The van der Waals surface area contributed by atoms with Gasteiger partial charge in [0.1, 0.15) is 17.4 Å². The molecule has 0 bridgehead atoms. The van der Waals surface area contributed by atoms with Crippen LogP contribution in [0.5, 0.6) is 11.6 Å². The molecule has 0 unspecified atom stereocenters. The first-order valence-electron chi connectivity index (χ1n) is 6.43. The lowest BCUT2D eigenvalue weighted by Crippen LogP contribution is -2.04. The number of nitrogens with one attached hydrogen (secondary N) is 1. The molecule has 0 fully saturated rings. The molecule has 1 heterocycles. The average molecular weight is 257 g/mol. The predicted molar refractivity (Wildman–Crippen MR) is 76.9 cm³/mol. The number of aromatic nitrogens is 2. The summed E-state index contributed by atoms with van der Waals surface area (Å²) in [5, 5.41) is 3.08. The van der Waals surface area contributed by atoms with Crippen molar-refractivity contribution in [1.82, 2.24) is 9.97 Å². The molecule has 0 aliphatic carbocycles. The first kappa shape index (κ1) is 13.3. The van der Waals surface area contributed by atoms with E-state index in [9.17, 15) is 0 Å². The zero-order chi connectivity index (χ0) is 13.8. The van der Waals surface area contributed by atoms with Gasteiger partial charge in [0.05, 0.1) is 5.56 Å². The summed E-state index contributed by atoms with van der Waals surface area (Å²) in [5.74, 6) is 3.00. The fourth-order valence-electron chi connectivity index (χ4n) is 1.83. The molecule has 4 heteroatoms. The number of rotatable bonds is 4. The SMILES string of the molecule is CCc1nc(NC)c(C)c(Oc2cccc(C)c2)n1. The minimum atomic E-state index is 0.613. The van der Waals surface area contributed by atoms with Crippen LogP contribution in [0, 0.1) is 13.8 Å². The van der Waals surface area contributed by atoms with E-state index in [0.717, 1.165) is 34.9 Å². The summed E-state index contributed by atoms with van der Waals surface area (Å²) in [5.41, 5.74) is 2.08. The van der Waals surface area contributed by atoms with Crippen LogP contribution in [0.1, 0.15) is 23.9 Å². The highest BCUT2D eigenvalue weighted by atomic mass is 16.5. The number of nitrogens with zero attached hydrogens (tertiary/aromatic N) is 2. The summed E-state index contributed by atoms with van der Waals surface area (Å²) in [6.07, 6.45) is 0.777. The first-order chi connectivity index (χ1) is 9.13. The summed E-state index contributed by atoms with van der Waals surface area (Å²) in [4.78, 5) is 8.88. The molecule has 0 spiro atoms. The van der Waals surface area contributed by atoms with Crippen molar-refractivity contribution in [1.29, 1.82) is 0 Å². The lowest BCUT2D eigenvalue weighted by molar-refractivity contribution is 0.455. The third-order valence-corrected chi connectivity index (χ3v) is 2.90. The van der Waals surface area contributed by atoms with E-state index in [1.165, 1.54) is 0 Å². The summed E-state index contributed by atoms with van der Waals surface area (Å²) >= 11 is 0. The van der Waals surface area contributed by atoms with Crippen LogP contribution in [0.2, 0.25) is 0 Å². The molecule has 2 rings (SSSR count). The van der Waals surface area contributed by atoms with Crippen LogP contribution in [-0.2, 0) is 6.42 Å². The predicted octanol–water partition coefficient (Wildman–Crippen LogP) is 3.49. The molecule has 0 radical (unpaired) electrons. The van der Waals surface area contributed by atoms with Gasteiger partial charge < -0.3 is 10.1 Å². The van der Waals surface area contributed by atoms with E-state index < -0.39 is 0 Å². The van der Waals surface area contributed by atoms with E-state index in [1.54, 1.807) is 0 Å². The number of hydrogen-bond donors (Lipinski definition) is 1. The second-order valence-electron chi connectivity index (χ2n) is 4.44. The van der Waals surface area contributed by atoms with Crippen molar-refractivity contribution in [2.45, 2.75) is 27.2 Å². The van der Waals surface area contributed by atoms with Gasteiger partial charge in [0, 0.05) is 13.5 Å². The monoisotopic (exact) mass is 257 g/mol. The van der Waals surface area contributed by atoms with Crippen molar-refractivity contribution in [2.75, 3.05) is 12.4 Å². The molecule has 100 valence electrons. The van der Waals surface area contributed by atoms with Gasteiger partial charge in [-0.25, -0.2) is 4.98 Å². The topological polar surface area (TPSA) is 47.0 Å². The molecule has 0 atom stereocenters. The Morgan fingerprint density at radius 1 is 1.21 bits per heavy atom. The summed E-state index contributed by atoms with van der Waals surface area (Å²) < 4.78 is 5.88. The van der Waals surface area contributed by atoms with Gasteiger partial charge in [-0.3, -0.25) is 0 Å². The zero-order valence-corrected chi connectivity index (χ0v) is 11.8. The molecule has 1 aromatic carbocycles. The fourth-order valence-corrected chi connectivity index (χ4v) is 1.83. The third-order valence-electron chi connectivity index (χ3n) is 2.90. The van der Waals surface area contributed by atoms with Gasteiger partial charge in [-0.05, 0) is 31.5 Å². The maximum absolute atomic E-state index is 5.88. The second-order valence-corrected chi connectivity index (χ2v) is 4.44. The first-order valence-corrected chi connectivity index (χ1v) is 6.43. The molecular weight excluding hydrogens is 238 g/mol. The van der Waals surface area contributed by atoms with Crippen LogP contribution < -0.4 is 10.1 Å². The van der Waals surface area contributed by atoms with Crippen LogP contribution in [0.15, 0.2) is 24.3 Å². The number of aryl methyl sites for hydroxylation is 2. The third kappa shape index (κ3) is 3.02. The van der Waals surface area contributed by atoms with E-state index in [-0.39, 0.29) is 0 Å². The quantitative estimate of drug-likeness (QED) is 0.910. The van der Waals surface area contributed by atoms with Crippen molar-refractivity contribution in [3.8, 4) is 11.6 Å². The lowest BCUT2D eigenvalue weighted by Gasteiger charge is -2.12. The van der Waals surface area contributed by atoms with Crippen LogP contribution in [-0.4, -0.2) is 17.0 Å². The Bertz CT molecular complexity index is 582. The highest BCUT2D eigenvalue weighted by Crippen LogP contribution is 2.27. The van der Waals surface area contributed by atoms with Gasteiger partial charge in [-0.1, -0.05) is 19.1 Å². The molecule has 1 N–H and O–H groups in total. The summed E-state index contributed by atoms with van der Waals surface area (Å²) in [6.45, 7) is 6.02. The lowest BCUT2D eigenvalue weighted by atomic mass is 10.2. The van der Waals surface area contributed by atoms with Crippen molar-refractivity contribution < 1.29 is 4.74 Å². The molecular formula is C15H19N3O. The van der Waals surface area contributed by atoms with E-state index in [2.05, 4.69) is 15.3 Å². The average Bonchev–Trinajstić information content (AvgIpc) is 2.41. The molecule has 0 saturated carbocycles. The second kappa shape index (κ2) is 5.69. The Morgan fingerprint density at radius 2 is 2.00 bits per heavy atom. The van der Waals surface area contributed by atoms with E-state index in [1.807, 2.05) is 52.1 Å². The minimum Gasteiger partial charge on any atom is -0.439 e. The minimum absolute atomic E-state index is 0.613. The van der Waals surface area contributed by atoms with Crippen molar-refractivity contribution in [3.05, 3.63) is 41.2 Å². The Hall–Kier alpha value is -2.10. The molecule has 0 saturated heterocycles. The molecule has 0 amide bonds. The van der Waals surface area contributed by atoms with Gasteiger partial charge in [-0.15, -0.1) is 0 Å². The largest absolute Gasteiger partial charge is 0.439 e. The molecule has 2 aromatic rings. The number of ether oxygens (including phenoxy) is 1. The van der Waals surface area contributed by atoms with Crippen molar-refractivity contribution in [3.63, 3.8) is 0 Å². The van der Waals surface area contributed by atoms with Crippen LogP contribution in [0.4, 0.5) is 5.82 Å². The van der Waals surface area contributed by atoms with Gasteiger partial charge in [0.25, 0.3) is 0 Å². The molecule has 4 nitrogen and oxygen atoms in total. The van der Waals surface area contributed by atoms with E-state index in [4.69, 9.17) is 4.74 Å². The Labute approximate surface area is 113 Å². The molecule has 0 aliphatic rings. The normalized spacial score (nSPS) is 10.3. The van der Waals surface area contributed by atoms with E-state index >= 15 is 0 Å². The zero-order valence-electron chi connectivity index (χ0n) is 11.8. The number of anilines is 1. The Morgan fingerprint density at radius 3 is 2.63 bits per heavy atom. The highest BCUT2D eigenvalue weighted by molar-refractivity contribution is 5.49. The standard InChI is InChI=1S/C15H19N3O/c1-5-13-17-14(16-4)11(3)15(18-13)19-12-8-6-7-10(2)9-12/h6-9H,5H2,1-4H3,(H,16,17,18). The Balaban J connectivity index is 2.38.